The van der Waals surface area contributed by atoms with E-state index < -0.39 is 0 Å². The largest absolute Gasteiger partial charge is 0.354 e. The summed E-state index contributed by atoms with van der Waals surface area (Å²) in [5.74, 6) is 1.66. The maximum atomic E-state index is 11.8. The van der Waals surface area contributed by atoms with Crippen molar-refractivity contribution < 1.29 is 4.79 Å². The summed E-state index contributed by atoms with van der Waals surface area (Å²) in [6, 6.07) is 1.01. The fourth-order valence-corrected chi connectivity index (χ4v) is 3.44. The third-order valence-electron chi connectivity index (χ3n) is 4.84. The lowest BCUT2D eigenvalue weighted by atomic mass is 9.87. The third kappa shape index (κ3) is 5.50. The summed E-state index contributed by atoms with van der Waals surface area (Å²) in [5, 5.41) is 7.12. The van der Waals surface area contributed by atoms with Gasteiger partial charge in [-0.2, -0.15) is 0 Å². The van der Waals surface area contributed by atoms with Crippen LogP contribution in [0, 0.1) is 5.92 Å². The van der Waals surface area contributed by atoms with Gasteiger partial charge in [0.05, 0.1) is 0 Å². The van der Waals surface area contributed by atoms with E-state index in [4.69, 9.17) is 0 Å². The van der Waals surface area contributed by atoms with E-state index >= 15 is 0 Å². The van der Waals surface area contributed by atoms with Crippen molar-refractivity contribution in [2.45, 2.75) is 70.4 Å². The molecule has 0 aromatic rings. The highest BCUT2D eigenvalue weighted by Crippen LogP contribution is 2.23. The van der Waals surface area contributed by atoms with Gasteiger partial charge in [0.15, 0.2) is 5.96 Å². The molecule has 5 heteroatoms. The van der Waals surface area contributed by atoms with Crippen LogP contribution in [0.15, 0.2) is 4.99 Å². The first-order chi connectivity index (χ1) is 10.5. The molecule has 2 saturated carbocycles. The van der Waals surface area contributed by atoms with E-state index in [-0.39, 0.29) is 12.5 Å². The third-order valence-corrected chi connectivity index (χ3v) is 4.84. The van der Waals surface area contributed by atoms with Crippen LogP contribution in [0.3, 0.4) is 0 Å². The molecule has 2 rings (SSSR count). The molecule has 0 bridgehead atoms. The number of likely N-dealkylation sites (N-methyl/N-ethyl adjacent to an activating group) is 1. The Labute approximate surface area is 134 Å². The first kappa shape index (κ1) is 17.1. The summed E-state index contributed by atoms with van der Waals surface area (Å²) < 4.78 is 0. The molecule has 2 aliphatic rings. The molecule has 2 unspecified atom stereocenters. The Morgan fingerprint density at radius 2 is 1.68 bits per heavy atom. The number of hydrogen-bond donors (Lipinski definition) is 2. The van der Waals surface area contributed by atoms with Crippen LogP contribution in [0.1, 0.15) is 58.3 Å². The van der Waals surface area contributed by atoms with Crippen LogP contribution in [0.5, 0.6) is 0 Å². The Hall–Kier alpha value is -1.26. The first-order valence-corrected chi connectivity index (χ1v) is 8.82. The fourth-order valence-electron chi connectivity index (χ4n) is 3.44. The zero-order chi connectivity index (χ0) is 15.9. The lowest BCUT2D eigenvalue weighted by Gasteiger charge is -2.29. The molecule has 2 N–H and O–H groups in total. The van der Waals surface area contributed by atoms with Crippen molar-refractivity contribution in [3.63, 3.8) is 0 Å². The molecule has 0 aromatic heterocycles. The number of carbonyl (C=O) groups excluding carboxylic acids is 1. The van der Waals surface area contributed by atoms with Crippen molar-refractivity contribution in [3.8, 4) is 0 Å². The van der Waals surface area contributed by atoms with Crippen molar-refractivity contribution in [1.82, 2.24) is 15.5 Å². The standard InChI is InChI=1S/C17H32N4O/c1-13-7-6-10-15(11-13)20-17(18-12-16(22)21(2)3)19-14-8-4-5-9-14/h13-15H,4-12H2,1-3H3,(H2,18,19,20). The van der Waals surface area contributed by atoms with E-state index in [1.165, 1.54) is 51.4 Å². The van der Waals surface area contributed by atoms with Gasteiger partial charge < -0.3 is 15.5 Å². The van der Waals surface area contributed by atoms with Gasteiger partial charge in [-0.05, 0) is 31.6 Å². The Bertz CT molecular complexity index is 388. The molecule has 0 aliphatic heterocycles. The van der Waals surface area contributed by atoms with Crippen LogP contribution in [-0.4, -0.2) is 49.5 Å². The summed E-state index contributed by atoms with van der Waals surface area (Å²) in [5.41, 5.74) is 0. The van der Waals surface area contributed by atoms with Crippen molar-refractivity contribution in [2.24, 2.45) is 10.9 Å². The number of guanidine groups is 1. The van der Waals surface area contributed by atoms with Gasteiger partial charge in [-0.25, -0.2) is 4.99 Å². The molecule has 0 radical (unpaired) electrons. The van der Waals surface area contributed by atoms with Gasteiger partial charge in [-0.1, -0.05) is 32.6 Å². The highest BCUT2D eigenvalue weighted by Gasteiger charge is 2.22. The van der Waals surface area contributed by atoms with Crippen LogP contribution in [0.4, 0.5) is 0 Å². The average Bonchev–Trinajstić information content (AvgIpc) is 2.97. The minimum absolute atomic E-state index is 0.0459. The molecular weight excluding hydrogens is 276 g/mol. The molecule has 2 aliphatic carbocycles. The van der Waals surface area contributed by atoms with Crippen molar-refractivity contribution in [1.29, 1.82) is 0 Å². The molecule has 0 aromatic carbocycles. The fraction of sp³-hybridized carbons (Fsp3) is 0.882. The van der Waals surface area contributed by atoms with Gasteiger partial charge in [0.25, 0.3) is 0 Å². The van der Waals surface area contributed by atoms with E-state index in [2.05, 4.69) is 22.5 Å². The molecule has 0 heterocycles. The van der Waals surface area contributed by atoms with Gasteiger partial charge in [-0.3, -0.25) is 4.79 Å². The van der Waals surface area contributed by atoms with E-state index in [0.29, 0.717) is 12.1 Å². The summed E-state index contributed by atoms with van der Waals surface area (Å²) in [7, 11) is 3.55. The van der Waals surface area contributed by atoms with Gasteiger partial charge in [-0.15, -0.1) is 0 Å². The SMILES string of the molecule is CC1CCCC(NC(=NCC(=O)N(C)C)NC2CCCC2)C1. The summed E-state index contributed by atoms with van der Waals surface area (Å²) >= 11 is 0. The Kier molecular flexibility index (Phi) is 6.52. The second-order valence-corrected chi connectivity index (χ2v) is 7.19. The second-order valence-electron chi connectivity index (χ2n) is 7.19. The number of nitrogens with one attached hydrogen (secondary N) is 2. The average molecular weight is 308 g/mol. The Morgan fingerprint density at radius 3 is 2.32 bits per heavy atom. The number of amides is 1. The predicted molar refractivity (Wildman–Crippen MR) is 90.9 cm³/mol. The molecular formula is C17H32N4O. The van der Waals surface area contributed by atoms with Crippen LogP contribution in [-0.2, 0) is 4.79 Å². The molecule has 22 heavy (non-hydrogen) atoms. The zero-order valence-electron chi connectivity index (χ0n) is 14.4. The predicted octanol–water partition coefficient (Wildman–Crippen LogP) is 2.13. The van der Waals surface area contributed by atoms with Crippen molar-refractivity contribution in [3.05, 3.63) is 0 Å². The normalized spacial score (nSPS) is 26.8. The first-order valence-electron chi connectivity index (χ1n) is 8.82. The summed E-state index contributed by atoms with van der Waals surface area (Å²) in [6.07, 6.45) is 10.0. The molecule has 2 fully saturated rings. The maximum Gasteiger partial charge on any atom is 0.243 e. The van der Waals surface area contributed by atoms with E-state index in [1.54, 1.807) is 19.0 Å². The molecule has 1 amide bonds. The number of rotatable bonds is 4. The minimum Gasteiger partial charge on any atom is -0.354 e. The quantitative estimate of drug-likeness (QED) is 0.618. The van der Waals surface area contributed by atoms with E-state index in [1.807, 2.05) is 0 Å². The maximum absolute atomic E-state index is 11.8. The van der Waals surface area contributed by atoms with Gasteiger partial charge in [0.1, 0.15) is 6.54 Å². The van der Waals surface area contributed by atoms with Gasteiger partial charge in [0.2, 0.25) is 5.91 Å². The van der Waals surface area contributed by atoms with Crippen molar-refractivity contribution in [2.75, 3.05) is 20.6 Å². The van der Waals surface area contributed by atoms with Gasteiger partial charge in [0, 0.05) is 26.2 Å². The van der Waals surface area contributed by atoms with Crippen molar-refractivity contribution >= 4 is 11.9 Å². The second kappa shape index (κ2) is 8.39. The van der Waals surface area contributed by atoms with Crippen LogP contribution in [0.25, 0.3) is 0 Å². The summed E-state index contributed by atoms with van der Waals surface area (Å²) in [6.45, 7) is 2.54. The van der Waals surface area contributed by atoms with Crippen LogP contribution < -0.4 is 10.6 Å². The monoisotopic (exact) mass is 308 g/mol. The number of carbonyl (C=O) groups is 1. The molecule has 0 saturated heterocycles. The summed E-state index contributed by atoms with van der Waals surface area (Å²) in [4.78, 5) is 17.9. The Balaban J connectivity index is 1.93. The highest BCUT2D eigenvalue weighted by molar-refractivity contribution is 5.85. The zero-order valence-corrected chi connectivity index (χ0v) is 14.4. The lowest BCUT2D eigenvalue weighted by Crippen LogP contribution is -2.48. The topological polar surface area (TPSA) is 56.7 Å². The molecule has 0 spiro atoms. The number of aliphatic imine (C=N–C) groups is 1. The molecule has 2 atom stereocenters. The van der Waals surface area contributed by atoms with Crippen LogP contribution >= 0.6 is 0 Å². The van der Waals surface area contributed by atoms with E-state index in [0.717, 1.165) is 11.9 Å². The van der Waals surface area contributed by atoms with Crippen LogP contribution in [0.2, 0.25) is 0 Å². The Morgan fingerprint density at radius 1 is 1.05 bits per heavy atom. The highest BCUT2D eigenvalue weighted by atomic mass is 16.2. The lowest BCUT2D eigenvalue weighted by molar-refractivity contribution is -0.127. The van der Waals surface area contributed by atoms with E-state index in [9.17, 15) is 4.79 Å². The number of nitrogens with zero attached hydrogens (tertiary/aromatic N) is 2. The smallest absolute Gasteiger partial charge is 0.243 e. The molecule has 126 valence electrons. The minimum atomic E-state index is 0.0459. The number of hydrogen-bond acceptors (Lipinski definition) is 2. The molecule has 5 nitrogen and oxygen atoms in total. The van der Waals surface area contributed by atoms with Gasteiger partial charge >= 0.3 is 0 Å².